The molecule has 1 aliphatic carbocycles. The van der Waals surface area contributed by atoms with Crippen LogP contribution in [0.3, 0.4) is 0 Å². The van der Waals surface area contributed by atoms with Crippen molar-refractivity contribution in [2.24, 2.45) is 5.41 Å². The van der Waals surface area contributed by atoms with E-state index in [4.69, 9.17) is 4.74 Å². The summed E-state index contributed by atoms with van der Waals surface area (Å²) in [6.07, 6.45) is 2.88. The van der Waals surface area contributed by atoms with Crippen molar-refractivity contribution in [3.05, 3.63) is 34.9 Å². The lowest BCUT2D eigenvalue weighted by Gasteiger charge is -2.37. The van der Waals surface area contributed by atoms with Gasteiger partial charge in [-0.05, 0) is 68.0 Å². The van der Waals surface area contributed by atoms with E-state index in [1.165, 1.54) is 6.07 Å². The number of rotatable bonds is 5. The monoisotopic (exact) mass is 456 g/mol. The number of amides is 1. The second-order valence-electron chi connectivity index (χ2n) is 9.16. The number of thioether (sulfide) groups is 1. The van der Waals surface area contributed by atoms with Gasteiger partial charge in [0, 0.05) is 44.1 Å². The summed E-state index contributed by atoms with van der Waals surface area (Å²) in [6, 6.07) is 4.70. The van der Waals surface area contributed by atoms with Crippen LogP contribution in [0, 0.1) is 5.41 Å². The van der Waals surface area contributed by atoms with Gasteiger partial charge in [-0.25, -0.2) is 0 Å². The Hall–Kier alpha value is -1.25. The predicted molar refractivity (Wildman–Crippen MR) is 116 cm³/mol. The number of ether oxygens (including phenoxy) is 1. The maximum absolute atomic E-state index is 13.7. The van der Waals surface area contributed by atoms with Crippen LogP contribution < -0.4 is 5.32 Å². The third-order valence-corrected chi connectivity index (χ3v) is 7.85. The largest absolute Gasteiger partial charge is 0.416 e. The number of halogens is 3. The number of hydrogen-bond donors (Lipinski definition) is 1. The Morgan fingerprint density at radius 3 is 2.71 bits per heavy atom. The van der Waals surface area contributed by atoms with Gasteiger partial charge < -0.3 is 15.0 Å². The van der Waals surface area contributed by atoms with Crippen LogP contribution in [0.15, 0.2) is 18.2 Å². The van der Waals surface area contributed by atoms with Crippen molar-refractivity contribution in [2.75, 3.05) is 31.8 Å². The van der Waals surface area contributed by atoms with Crippen molar-refractivity contribution < 1.29 is 22.7 Å². The fraction of sp³-hybridized carbons (Fsp3) is 0.696. The fourth-order valence-corrected chi connectivity index (χ4v) is 6.31. The third kappa shape index (κ3) is 5.06. The van der Waals surface area contributed by atoms with Crippen molar-refractivity contribution in [1.29, 1.82) is 0 Å². The molecule has 2 aliphatic heterocycles. The second kappa shape index (κ2) is 9.32. The quantitative estimate of drug-likeness (QED) is 0.719. The summed E-state index contributed by atoms with van der Waals surface area (Å²) in [4.78, 5) is 15.5. The standard InChI is InChI=1S/C23H31F3N2O2S/c1-31-15-22(8-4-20(13-22)27-19-6-10-30-11-7-19)21(29)28-9-5-16-2-3-18(23(24,25)26)12-17(16)14-28/h2-3,12,19-20,27H,4-11,13-15H2,1H3/t20-,22+/m1/s1. The number of alkyl halides is 3. The van der Waals surface area contributed by atoms with E-state index in [0.29, 0.717) is 30.6 Å². The van der Waals surface area contributed by atoms with Gasteiger partial charge in [0.15, 0.2) is 0 Å². The topological polar surface area (TPSA) is 41.6 Å². The summed E-state index contributed by atoms with van der Waals surface area (Å²) in [5.41, 5.74) is 0.479. The molecule has 0 unspecified atom stereocenters. The predicted octanol–water partition coefficient (Wildman–Crippen LogP) is 4.26. The van der Waals surface area contributed by atoms with Crippen LogP contribution in [0.2, 0.25) is 0 Å². The van der Waals surface area contributed by atoms with Gasteiger partial charge in [-0.3, -0.25) is 4.79 Å². The van der Waals surface area contributed by atoms with Crippen LogP contribution >= 0.6 is 11.8 Å². The highest BCUT2D eigenvalue weighted by atomic mass is 32.2. The van der Waals surface area contributed by atoms with Crippen LogP contribution in [0.1, 0.15) is 48.8 Å². The minimum Gasteiger partial charge on any atom is -0.381 e. The molecule has 0 spiro atoms. The van der Waals surface area contributed by atoms with E-state index in [1.807, 2.05) is 6.26 Å². The maximum Gasteiger partial charge on any atom is 0.416 e. The van der Waals surface area contributed by atoms with E-state index in [2.05, 4.69) is 5.32 Å². The molecule has 172 valence electrons. The van der Waals surface area contributed by atoms with Gasteiger partial charge in [-0.1, -0.05) is 6.07 Å². The highest BCUT2D eigenvalue weighted by molar-refractivity contribution is 7.98. The number of carbonyl (C=O) groups excluding carboxylic acids is 1. The van der Waals surface area contributed by atoms with Crippen molar-refractivity contribution in [3.63, 3.8) is 0 Å². The Kier molecular flexibility index (Phi) is 6.89. The molecule has 4 nitrogen and oxygen atoms in total. The normalized spacial score (nSPS) is 27.4. The molecule has 1 saturated carbocycles. The molecule has 1 amide bonds. The van der Waals surface area contributed by atoms with Gasteiger partial charge in [0.05, 0.1) is 11.0 Å². The first-order valence-electron chi connectivity index (χ1n) is 11.1. The number of hydrogen-bond acceptors (Lipinski definition) is 4. The molecule has 1 saturated heterocycles. The Bertz CT molecular complexity index is 798. The van der Waals surface area contributed by atoms with Gasteiger partial charge in [-0.15, -0.1) is 0 Å². The SMILES string of the molecule is CSC[C@]1(C(=O)N2CCc3ccc(C(F)(F)F)cc3C2)CC[C@@H](NC2CCOCC2)C1. The van der Waals surface area contributed by atoms with E-state index in [1.54, 1.807) is 22.7 Å². The number of benzene rings is 1. The van der Waals surface area contributed by atoms with Gasteiger partial charge in [0.2, 0.25) is 5.91 Å². The van der Waals surface area contributed by atoms with E-state index < -0.39 is 17.2 Å². The first-order valence-corrected chi connectivity index (χ1v) is 12.5. The Morgan fingerprint density at radius 1 is 1.23 bits per heavy atom. The highest BCUT2D eigenvalue weighted by Crippen LogP contribution is 2.43. The molecule has 4 rings (SSSR count). The van der Waals surface area contributed by atoms with Crippen molar-refractivity contribution >= 4 is 17.7 Å². The summed E-state index contributed by atoms with van der Waals surface area (Å²) in [5, 5.41) is 3.74. The lowest BCUT2D eigenvalue weighted by Crippen LogP contribution is -2.48. The summed E-state index contributed by atoms with van der Waals surface area (Å²) < 4.78 is 44.9. The zero-order valence-corrected chi connectivity index (χ0v) is 18.8. The molecular weight excluding hydrogens is 425 g/mol. The van der Waals surface area contributed by atoms with Gasteiger partial charge in [0.1, 0.15) is 0 Å². The lowest BCUT2D eigenvalue weighted by molar-refractivity contribution is -0.141. The second-order valence-corrected chi connectivity index (χ2v) is 10.0. The summed E-state index contributed by atoms with van der Waals surface area (Å²) in [5.74, 6) is 0.866. The molecular formula is C23H31F3N2O2S. The lowest BCUT2D eigenvalue weighted by atomic mass is 9.85. The van der Waals surface area contributed by atoms with Gasteiger partial charge in [-0.2, -0.15) is 24.9 Å². The Balaban J connectivity index is 1.46. The van der Waals surface area contributed by atoms with Crippen LogP contribution in [-0.2, 0) is 28.7 Å². The molecule has 0 bridgehead atoms. The molecule has 1 N–H and O–H groups in total. The molecule has 31 heavy (non-hydrogen) atoms. The number of fused-ring (bicyclic) bond motifs is 1. The van der Waals surface area contributed by atoms with Gasteiger partial charge in [0.25, 0.3) is 0 Å². The van der Waals surface area contributed by atoms with Crippen LogP contribution in [0.4, 0.5) is 13.2 Å². The van der Waals surface area contributed by atoms with Crippen molar-refractivity contribution in [2.45, 2.75) is 63.3 Å². The Morgan fingerprint density at radius 2 is 2.00 bits per heavy atom. The third-order valence-electron chi connectivity index (χ3n) is 7.01. The maximum atomic E-state index is 13.7. The van der Waals surface area contributed by atoms with Crippen LogP contribution in [0.25, 0.3) is 0 Å². The summed E-state index contributed by atoms with van der Waals surface area (Å²) in [6.45, 7) is 2.41. The van der Waals surface area contributed by atoms with Crippen LogP contribution in [0.5, 0.6) is 0 Å². The minimum atomic E-state index is -4.37. The van der Waals surface area contributed by atoms with Crippen molar-refractivity contribution in [3.8, 4) is 0 Å². The zero-order valence-electron chi connectivity index (χ0n) is 18.0. The molecule has 2 fully saturated rings. The number of carbonyl (C=O) groups is 1. The Labute approximate surface area is 186 Å². The molecule has 3 aliphatic rings. The number of nitrogens with one attached hydrogen (secondary N) is 1. The van der Waals surface area contributed by atoms with Crippen molar-refractivity contribution in [1.82, 2.24) is 10.2 Å². The number of nitrogens with zero attached hydrogens (tertiary/aromatic N) is 1. The summed E-state index contributed by atoms with van der Waals surface area (Å²) >= 11 is 1.69. The molecule has 0 aromatic heterocycles. The zero-order chi connectivity index (χ0) is 22.1. The first-order chi connectivity index (χ1) is 14.8. The van der Waals surface area contributed by atoms with E-state index in [9.17, 15) is 18.0 Å². The van der Waals surface area contributed by atoms with E-state index in [0.717, 1.165) is 62.7 Å². The molecule has 1 aromatic rings. The molecule has 2 atom stereocenters. The van der Waals surface area contributed by atoms with Gasteiger partial charge >= 0.3 is 6.18 Å². The smallest absolute Gasteiger partial charge is 0.381 e. The average molecular weight is 457 g/mol. The molecule has 2 heterocycles. The molecule has 8 heteroatoms. The highest BCUT2D eigenvalue weighted by Gasteiger charge is 2.47. The molecule has 1 aromatic carbocycles. The van der Waals surface area contributed by atoms with E-state index in [-0.39, 0.29) is 12.5 Å². The fourth-order valence-electron chi connectivity index (χ4n) is 5.37. The summed E-state index contributed by atoms with van der Waals surface area (Å²) in [7, 11) is 0. The van der Waals surface area contributed by atoms with Crippen LogP contribution in [-0.4, -0.2) is 54.7 Å². The molecule has 0 radical (unpaired) electrons. The minimum absolute atomic E-state index is 0.112. The average Bonchev–Trinajstić information content (AvgIpc) is 3.16. The first kappa shape index (κ1) is 22.9. The van der Waals surface area contributed by atoms with E-state index >= 15 is 0 Å².